The largest absolute Gasteiger partial charge is 0.368 e. The standard InChI is InChI=1S/C12H14N2O2/c1-2-6-10(11(13)15)14-12(16)9-7-4-3-5-8-9/h2-5,7-8,10H,1,6H2,(H2,13,15)(H,14,16)/t10-/m0/s1. The Morgan fingerprint density at radius 3 is 2.50 bits per heavy atom. The molecule has 1 aromatic rings. The highest BCUT2D eigenvalue weighted by Gasteiger charge is 2.16. The van der Waals surface area contributed by atoms with Crippen molar-refractivity contribution in [3.8, 4) is 0 Å². The Hall–Kier alpha value is -2.10. The van der Waals surface area contributed by atoms with Gasteiger partial charge in [0, 0.05) is 5.56 Å². The van der Waals surface area contributed by atoms with Crippen molar-refractivity contribution >= 4 is 11.8 Å². The van der Waals surface area contributed by atoms with Crippen LogP contribution in [0.2, 0.25) is 0 Å². The van der Waals surface area contributed by atoms with Crippen molar-refractivity contribution in [1.82, 2.24) is 5.32 Å². The van der Waals surface area contributed by atoms with Crippen LogP contribution in [0.25, 0.3) is 0 Å². The van der Waals surface area contributed by atoms with Gasteiger partial charge >= 0.3 is 0 Å². The van der Waals surface area contributed by atoms with E-state index in [-0.39, 0.29) is 5.91 Å². The molecule has 4 nitrogen and oxygen atoms in total. The Bertz CT molecular complexity index is 387. The number of nitrogens with two attached hydrogens (primary N) is 1. The average Bonchev–Trinajstić information content (AvgIpc) is 2.29. The molecule has 4 heteroatoms. The minimum absolute atomic E-state index is 0.314. The lowest BCUT2D eigenvalue weighted by Crippen LogP contribution is -2.44. The van der Waals surface area contributed by atoms with Crippen molar-refractivity contribution in [2.24, 2.45) is 5.73 Å². The first-order chi connectivity index (χ1) is 7.65. The maximum Gasteiger partial charge on any atom is 0.251 e. The van der Waals surface area contributed by atoms with E-state index in [4.69, 9.17) is 5.73 Å². The predicted molar refractivity (Wildman–Crippen MR) is 61.7 cm³/mol. The fraction of sp³-hybridized carbons (Fsp3) is 0.167. The van der Waals surface area contributed by atoms with Gasteiger partial charge in [-0.25, -0.2) is 0 Å². The average molecular weight is 218 g/mol. The van der Waals surface area contributed by atoms with Crippen molar-refractivity contribution in [2.45, 2.75) is 12.5 Å². The molecule has 1 atom stereocenters. The molecule has 0 fully saturated rings. The zero-order valence-corrected chi connectivity index (χ0v) is 8.85. The molecule has 16 heavy (non-hydrogen) atoms. The third-order valence-corrected chi connectivity index (χ3v) is 2.09. The molecule has 0 aromatic heterocycles. The van der Waals surface area contributed by atoms with Gasteiger partial charge in [0.2, 0.25) is 5.91 Å². The van der Waals surface area contributed by atoms with Gasteiger partial charge in [-0.05, 0) is 18.6 Å². The van der Waals surface area contributed by atoms with Crippen molar-refractivity contribution in [1.29, 1.82) is 0 Å². The monoisotopic (exact) mass is 218 g/mol. The number of rotatable bonds is 5. The van der Waals surface area contributed by atoms with Gasteiger partial charge in [0.1, 0.15) is 6.04 Å². The fourth-order valence-corrected chi connectivity index (χ4v) is 1.24. The van der Waals surface area contributed by atoms with Gasteiger partial charge in [-0.15, -0.1) is 6.58 Å². The van der Waals surface area contributed by atoms with E-state index in [1.807, 2.05) is 6.07 Å². The summed E-state index contributed by atoms with van der Waals surface area (Å²) >= 11 is 0. The van der Waals surface area contributed by atoms with Crippen LogP contribution in [0.15, 0.2) is 43.0 Å². The molecular formula is C12H14N2O2. The van der Waals surface area contributed by atoms with Gasteiger partial charge < -0.3 is 11.1 Å². The van der Waals surface area contributed by atoms with Crippen molar-refractivity contribution in [2.75, 3.05) is 0 Å². The maximum atomic E-state index is 11.7. The summed E-state index contributed by atoms with van der Waals surface area (Å²) in [5, 5.41) is 2.55. The van der Waals surface area contributed by atoms with Gasteiger partial charge in [-0.3, -0.25) is 9.59 Å². The number of amides is 2. The zero-order valence-electron chi connectivity index (χ0n) is 8.85. The summed E-state index contributed by atoms with van der Waals surface area (Å²) in [5.74, 6) is -0.879. The number of nitrogens with one attached hydrogen (secondary N) is 1. The molecule has 0 unspecified atom stereocenters. The summed E-state index contributed by atoms with van der Waals surface area (Å²) in [6, 6.07) is 7.95. The van der Waals surface area contributed by atoms with Crippen LogP contribution in [-0.4, -0.2) is 17.9 Å². The molecule has 0 bridgehead atoms. The molecule has 0 aliphatic rings. The summed E-state index contributed by atoms with van der Waals surface area (Å²) in [6.45, 7) is 3.50. The molecule has 0 saturated carbocycles. The van der Waals surface area contributed by atoms with Gasteiger partial charge in [0.05, 0.1) is 0 Å². The lowest BCUT2D eigenvalue weighted by molar-refractivity contribution is -0.119. The van der Waals surface area contributed by atoms with Crippen LogP contribution < -0.4 is 11.1 Å². The lowest BCUT2D eigenvalue weighted by Gasteiger charge is -2.13. The number of primary amides is 1. The van der Waals surface area contributed by atoms with Gasteiger partial charge in [0.15, 0.2) is 0 Å². The summed E-state index contributed by atoms with van der Waals surface area (Å²) < 4.78 is 0. The molecule has 84 valence electrons. The van der Waals surface area contributed by atoms with E-state index in [1.54, 1.807) is 30.3 Å². The van der Waals surface area contributed by atoms with Crippen LogP contribution in [0.4, 0.5) is 0 Å². The Labute approximate surface area is 94.1 Å². The van der Waals surface area contributed by atoms with Crippen LogP contribution in [0.3, 0.4) is 0 Å². The SMILES string of the molecule is C=CC[C@H](NC(=O)c1ccccc1)C(N)=O. The first kappa shape index (κ1) is 12.0. The number of hydrogen-bond donors (Lipinski definition) is 2. The first-order valence-electron chi connectivity index (χ1n) is 4.91. The topological polar surface area (TPSA) is 72.2 Å². The summed E-state index contributed by atoms with van der Waals surface area (Å²) in [6.07, 6.45) is 1.87. The predicted octanol–water partition coefficient (Wildman–Crippen LogP) is 0.846. The number of carbonyl (C=O) groups excluding carboxylic acids is 2. The summed E-state index contributed by atoms with van der Waals surface area (Å²) in [4.78, 5) is 22.7. The Morgan fingerprint density at radius 1 is 1.38 bits per heavy atom. The van der Waals surface area contributed by atoms with E-state index < -0.39 is 11.9 Å². The van der Waals surface area contributed by atoms with E-state index in [0.717, 1.165) is 0 Å². The molecule has 0 heterocycles. The van der Waals surface area contributed by atoms with Gasteiger partial charge in [0.25, 0.3) is 5.91 Å². The normalized spacial score (nSPS) is 11.5. The van der Waals surface area contributed by atoms with Crippen LogP contribution in [0.5, 0.6) is 0 Å². The highest BCUT2D eigenvalue weighted by atomic mass is 16.2. The maximum absolute atomic E-state index is 11.7. The first-order valence-corrected chi connectivity index (χ1v) is 4.91. The molecular weight excluding hydrogens is 204 g/mol. The zero-order chi connectivity index (χ0) is 12.0. The molecule has 0 radical (unpaired) electrons. The van der Waals surface area contributed by atoms with Gasteiger partial charge in [-0.2, -0.15) is 0 Å². The van der Waals surface area contributed by atoms with Crippen LogP contribution in [0.1, 0.15) is 16.8 Å². The Kier molecular flexibility index (Phi) is 4.27. The third-order valence-electron chi connectivity index (χ3n) is 2.09. The molecule has 0 spiro atoms. The second-order valence-corrected chi connectivity index (χ2v) is 3.32. The van der Waals surface area contributed by atoms with E-state index in [1.165, 1.54) is 0 Å². The van der Waals surface area contributed by atoms with Crippen molar-refractivity contribution < 1.29 is 9.59 Å². The number of carbonyl (C=O) groups is 2. The minimum Gasteiger partial charge on any atom is -0.368 e. The molecule has 3 N–H and O–H groups in total. The van der Waals surface area contributed by atoms with Crippen LogP contribution in [-0.2, 0) is 4.79 Å². The van der Waals surface area contributed by atoms with E-state index in [0.29, 0.717) is 12.0 Å². The van der Waals surface area contributed by atoms with Gasteiger partial charge in [-0.1, -0.05) is 24.3 Å². The fourth-order valence-electron chi connectivity index (χ4n) is 1.24. The Balaban J connectivity index is 2.69. The number of hydrogen-bond acceptors (Lipinski definition) is 2. The molecule has 1 aromatic carbocycles. The second kappa shape index (κ2) is 5.70. The van der Waals surface area contributed by atoms with Crippen LogP contribution >= 0.6 is 0 Å². The molecule has 0 aliphatic carbocycles. The molecule has 2 amide bonds. The number of benzene rings is 1. The molecule has 1 rings (SSSR count). The van der Waals surface area contributed by atoms with E-state index in [9.17, 15) is 9.59 Å². The molecule has 0 aliphatic heterocycles. The summed E-state index contributed by atoms with van der Waals surface area (Å²) in [7, 11) is 0. The molecule has 0 saturated heterocycles. The lowest BCUT2D eigenvalue weighted by atomic mass is 10.1. The smallest absolute Gasteiger partial charge is 0.251 e. The highest BCUT2D eigenvalue weighted by molar-refractivity contribution is 5.97. The van der Waals surface area contributed by atoms with Crippen LogP contribution in [0, 0.1) is 0 Å². The van der Waals surface area contributed by atoms with E-state index >= 15 is 0 Å². The van der Waals surface area contributed by atoms with E-state index in [2.05, 4.69) is 11.9 Å². The second-order valence-electron chi connectivity index (χ2n) is 3.32. The summed E-state index contributed by atoms with van der Waals surface area (Å²) in [5.41, 5.74) is 5.65. The Morgan fingerprint density at radius 2 is 2.00 bits per heavy atom. The quantitative estimate of drug-likeness (QED) is 0.719. The third kappa shape index (κ3) is 3.24. The van der Waals surface area contributed by atoms with Crippen molar-refractivity contribution in [3.63, 3.8) is 0 Å². The highest BCUT2D eigenvalue weighted by Crippen LogP contribution is 2.00. The van der Waals surface area contributed by atoms with Crippen molar-refractivity contribution in [3.05, 3.63) is 48.6 Å². The minimum atomic E-state index is -0.704.